The Hall–Kier alpha value is -1.48. The fourth-order valence-electron chi connectivity index (χ4n) is 3.20. The zero-order valence-electron chi connectivity index (χ0n) is 16.2. The van der Waals surface area contributed by atoms with Crippen LogP contribution in [-0.4, -0.2) is 57.7 Å². The number of nitrogens with zero attached hydrogens (tertiary/aromatic N) is 2. The van der Waals surface area contributed by atoms with Gasteiger partial charge in [-0.2, -0.15) is 17.5 Å². The second-order valence-corrected chi connectivity index (χ2v) is 8.72. The van der Waals surface area contributed by atoms with Gasteiger partial charge in [0.1, 0.15) is 0 Å². The molecular formula is C17H24F3IN4O4S. The van der Waals surface area contributed by atoms with Crippen molar-refractivity contribution in [2.45, 2.75) is 24.9 Å². The van der Waals surface area contributed by atoms with Gasteiger partial charge < -0.3 is 20.1 Å². The molecule has 30 heavy (non-hydrogen) atoms. The zero-order valence-corrected chi connectivity index (χ0v) is 19.4. The van der Waals surface area contributed by atoms with E-state index >= 15 is 0 Å². The Morgan fingerprint density at radius 3 is 2.50 bits per heavy atom. The van der Waals surface area contributed by atoms with Gasteiger partial charge in [0.05, 0.1) is 0 Å². The van der Waals surface area contributed by atoms with Gasteiger partial charge in [0.2, 0.25) is 6.79 Å². The van der Waals surface area contributed by atoms with Crippen LogP contribution in [0.3, 0.4) is 0 Å². The Kier molecular flexibility index (Phi) is 8.44. The molecule has 1 aromatic rings. The van der Waals surface area contributed by atoms with Gasteiger partial charge in [-0.05, 0) is 36.5 Å². The molecule has 0 amide bonds. The molecule has 0 bridgehead atoms. The van der Waals surface area contributed by atoms with Gasteiger partial charge in [0.15, 0.2) is 17.5 Å². The molecule has 2 N–H and O–H groups in total. The van der Waals surface area contributed by atoms with E-state index in [1.807, 2.05) is 18.2 Å². The van der Waals surface area contributed by atoms with Gasteiger partial charge in [-0.25, -0.2) is 8.42 Å². The molecule has 0 aromatic heterocycles. The molecule has 1 saturated heterocycles. The number of alkyl halides is 3. The van der Waals surface area contributed by atoms with Crippen LogP contribution in [0.5, 0.6) is 11.5 Å². The number of rotatable bonds is 5. The molecule has 0 radical (unpaired) electrons. The molecule has 2 aliphatic heterocycles. The second-order valence-electron chi connectivity index (χ2n) is 6.79. The summed E-state index contributed by atoms with van der Waals surface area (Å²) in [6.45, 7) is 0.909. The van der Waals surface area contributed by atoms with E-state index in [1.165, 1.54) is 0 Å². The lowest BCUT2D eigenvalue weighted by Gasteiger charge is -2.31. The first-order valence-electron chi connectivity index (χ1n) is 9.10. The monoisotopic (exact) mass is 564 g/mol. The van der Waals surface area contributed by atoms with Crippen LogP contribution in [0.4, 0.5) is 13.2 Å². The highest BCUT2D eigenvalue weighted by Crippen LogP contribution is 2.32. The van der Waals surface area contributed by atoms with Crippen LogP contribution in [0.1, 0.15) is 18.4 Å². The third-order valence-electron chi connectivity index (χ3n) is 4.88. The summed E-state index contributed by atoms with van der Waals surface area (Å²) in [5.74, 6) is 2.00. The van der Waals surface area contributed by atoms with Crippen LogP contribution < -0.4 is 20.1 Å². The van der Waals surface area contributed by atoms with Gasteiger partial charge in [-0.1, -0.05) is 6.07 Å². The molecule has 0 aliphatic carbocycles. The topological polar surface area (TPSA) is 92.3 Å². The highest BCUT2D eigenvalue weighted by atomic mass is 127. The Bertz CT molecular complexity index is 859. The molecule has 2 heterocycles. The molecule has 0 spiro atoms. The standard InChI is InChI=1S/C17H23F3N4O4S.HI/c1-21-16(23-10-13-2-3-14-15(8-13)28-11-27-14)22-9-12-4-6-24(7-5-12)29(25,26)17(18,19)20;/h2-3,8,12H,4-7,9-11H2,1H3,(H2,21,22,23);1H. The Balaban J connectivity index is 0.00000320. The van der Waals surface area contributed by atoms with Crippen molar-refractivity contribution in [2.24, 2.45) is 10.9 Å². The quantitative estimate of drug-likeness (QED) is 0.324. The number of nitrogens with one attached hydrogen (secondary N) is 2. The van der Waals surface area contributed by atoms with Crippen LogP contribution in [0.25, 0.3) is 0 Å². The van der Waals surface area contributed by atoms with Crippen molar-refractivity contribution in [1.29, 1.82) is 0 Å². The molecule has 8 nitrogen and oxygen atoms in total. The lowest BCUT2D eigenvalue weighted by Crippen LogP contribution is -2.47. The van der Waals surface area contributed by atoms with Crippen LogP contribution >= 0.6 is 24.0 Å². The molecule has 1 aromatic carbocycles. The number of halogens is 4. The minimum atomic E-state index is -5.25. The van der Waals surface area contributed by atoms with Gasteiger partial charge in [-0.3, -0.25) is 4.99 Å². The van der Waals surface area contributed by atoms with E-state index in [9.17, 15) is 21.6 Å². The lowest BCUT2D eigenvalue weighted by atomic mass is 9.98. The fourth-order valence-corrected chi connectivity index (χ4v) is 4.18. The van der Waals surface area contributed by atoms with Crippen molar-refractivity contribution >= 4 is 40.0 Å². The minimum Gasteiger partial charge on any atom is -0.454 e. The summed E-state index contributed by atoms with van der Waals surface area (Å²) in [5.41, 5.74) is -4.28. The summed E-state index contributed by atoms with van der Waals surface area (Å²) < 4.78 is 71.9. The molecule has 170 valence electrons. The molecule has 2 aliphatic rings. The smallest absolute Gasteiger partial charge is 0.454 e. The molecular weight excluding hydrogens is 540 g/mol. The van der Waals surface area contributed by atoms with Gasteiger partial charge >= 0.3 is 15.5 Å². The average molecular weight is 564 g/mol. The number of aliphatic imine (C=N–C) groups is 1. The minimum absolute atomic E-state index is 0. The van der Waals surface area contributed by atoms with Gasteiger partial charge in [0, 0.05) is 33.2 Å². The van der Waals surface area contributed by atoms with Gasteiger partial charge in [0.25, 0.3) is 0 Å². The average Bonchev–Trinajstić information content (AvgIpc) is 3.15. The third-order valence-corrected chi connectivity index (χ3v) is 6.51. The number of hydrogen-bond donors (Lipinski definition) is 2. The predicted octanol–water partition coefficient (Wildman–Crippen LogP) is 2.26. The van der Waals surface area contributed by atoms with E-state index in [0.717, 1.165) is 5.56 Å². The van der Waals surface area contributed by atoms with E-state index in [4.69, 9.17) is 9.47 Å². The number of ether oxygens (including phenoxy) is 2. The normalized spacial score (nSPS) is 18.1. The summed E-state index contributed by atoms with van der Waals surface area (Å²) in [7, 11) is -3.63. The lowest BCUT2D eigenvalue weighted by molar-refractivity contribution is -0.0496. The largest absolute Gasteiger partial charge is 0.511 e. The Labute approximate surface area is 190 Å². The number of benzene rings is 1. The maximum atomic E-state index is 12.6. The molecule has 13 heteroatoms. The zero-order chi connectivity index (χ0) is 21.1. The van der Waals surface area contributed by atoms with Crippen molar-refractivity contribution in [2.75, 3.05) is 33.5 Å². The second kappa shape index (κ2) is 10.2. The van der Waals surface area contributed by atoms with E-state index in [0.29, 0.717) is 47.7 Å². The number of hydrogen-bond acceptors (Lipinski definition) is 5. The first kappa shape index (κ1) is 24.8. The molecule has 1 fully saturated rings. The number of piperidine rings is 1. The summed E-state index contributed by atoms with van der Waals surface area (Å²) >= 11 is 0. The number of sulfonamides is 1. The molecule has 3 rings (SSSR count). The van der Waals surface area contributed by atoms with Crippen molar-refractivity contribution < 1.29 is 31.1 Å². The van der Waals surface area contributed by atoms with Crippen LogP contribution in [0, 0.1) is 5.92 Å². The Morgan fingerprint density at radius 2 is 1.87 bits per heavy atom. The third kappa shape index (κ3) is 5.81. The molecule has 0 saturated carbocycles. The predicted molar refractivity (Wildman–Crippen MR) is 115 cm³/mol. The maximum absolute atomic E-state index is 12.6. The summed E-state index contributed by atoms with van der Waals surface area (Å²) in [6, 6.07) is 5.61. The van der Waals surface area contributed by atoms with Gasteiger partial charge in [-0.15, -0.1) is 24.0 Å². The van der Waals surface area contributed by atoms with Crippen LogP contribution in [0.15, 0.2) is 23.2 Å². The summed E-state index contributed by atoms with van der Waals surface area (Å²) in [6.07, 6.45) is 0.697. The molecule has 0 atom stereocenters. The van der Waals surface area contributed by atoms with E-state index in [1.54, 1.807) is 7.05 Å². The first-order chi connectivity index (χ1) is 13.7. The maximum Gasteiger partial charge on any atom is 0.511 e. The number of fused-ring (bicyclic) bond motifs is 1. The summed E-state index contributed by atoms with van der Waals surface area (Å²) in [4.78, 5) is 4.13. The fraction of sp³-hybridized carbons (Fsp3) is 0.588. The van der Waals surface area contributed by atoms with E-state index in [2.05, 4.69) is 15.6 Å². The summed E-state index contributed by atoms with van der Waals surface area (Å²) in [5, 5.41) is 6.30. The molecule has 0 unspecified atom stereocenters. The highest BCUT2D eigenvalue weighted by molar-refractivity contribution is 14.0. The van der Waals surface area contributed by atoms with Crippen molar-refractivity contribution in [3.63, 3.8) is 0 Å². The SMILES string of the molecule is CN=C(NCc1ccc2c(c1)OCO2)NCC1CCN(S(=O)(=O)C(F)(F)F)CC1.I. The Morgan fingerprint density at radius 1 is 1.20 bits per heavy atom. The highest BCUT2D eigenvalue weighted by Gasteiger charge is 2.50. The van der Waals surface area contributed by atoms with Crippen molar-refractivity contribution in [3.8, 4) is 11.5 Å². The van der Waals surface area contributed by atoms with Crippen molar-refractivity contribution in [3.05, 3.63) is 23.8 Å². The number of guanidine groups is 1. The van der Waals surface area contributed by atoms with Crippen molar-refractivity contribution in [1.82, 2.24) is 14.9 Å². The van der Waals surface area contributed by atoms with Crippen LogP contribution in [0.2, 0.25) is 0 Å². The first-order valence-corrected chi connectivity index (χ1v) is 10.5. The van der Waals surface area contributed by atoms with E-state index < -0.39 is 15.5 Å². The van der Waals surface area contributed by atoms with E-state index in [-0.39, 0.29) is 49.8 Å². The van der Waals surface area contributed by atoms with Crippen LogP contribution in [-0.2, 0) is 16.6 Å².